The van der Waals surface area contributed by atoms with Crippen molar-refractivity contribution in [3.05, 3.63) is 129 Å². The Balaban J connectivity index is 0.000000380. The predicted octanol–water partition coefficient (Wildman–Crippen LogP) is 21.4. The molecule has 0 amide bonds. The molecule has 0 aliphatic carbocycles. The maximum Gasteiger partial charge on any atom is 0.127 e. The van der Waals surface area contributed by atoms with Crippen molar-refractivity contribution in [2.75, 3.05) is 26.4 Å². The summed E-state index contributed by atoms with van der Waals surface area (Å²) in [4.78, 5) is 0. The lowest BCUT2D eigenvalue weighted by atomic mass is 10.1. The van der Waals surface area contributed by atoms with Gasteiger partial charge in [-0.05, 0) is 111 Å². The third-order valence-corrected chi connectivity index (χ3v) is 13.1. The molecule has 0 fully saturated rings. The first-order chi connectivity index (χ1) is 35.3. The average molecular weight is 982 g/mol. The quantitative estimate of drug-likeness (QED) is 0.0331. The van der Waals surface area contributed by atoms with Crippen LogP contribution in [-0.2, 0) is 0 Å². The van der Waals surface area contributed by atoms with Gasteiger partial charge < -0.3 is 18.9 Å². The lowest BCUT2D eigenvalue weighted by molar-refractivity contribution is 0.294. The van der Waals surface area contributed by atoms with Gasteiger partial charge in [0.1, 0.15) is 23.0 Å². The van der Waals surface area contributed by atoms with Gasteiger partial charge in [0.05, 0.1) is 26.4 Å². The Hall–Kier alpha value is -4.96. The second-order valence-corrected chi connectivity index (χ2v) is 19.8. The molecule has 4 aromatic carbocycles. The van der Waals surface area contributed by atoms with Gasteiger partial charge in [-0.2, -0.15) is 0 Å². The number of ether oxygens (including phenoxy) is 4. The van der Waals surface area contributed by atoms with E-state index in [2.05, 4.69) is 163 Å². The molecule has 0 spiro atoms. The number of hydrogen-bond donors (Lipinski definition) is 0. The van der Waals surface area contributed by atoms with Crippen molar-refractivity contribution in [2.24, 2.45) is 0 Å². The molecule has 72 heavy (non-hydrogen) atoms. The topological polar surface area (TPSA) is 36.9 Å². The summed E-state index contributed by atoms with van der Waals surface area (Å²) in [6.07, 6.45) is 47.5. The SMILES string of the molecule is CC=Cc1ccc(C=Cc2cc(OCCCCCCCC)c(C)cc2OCCCCCCCC)cc1.CC=Cc1ccc(C=Cc2cc(OCCCCCCCC)c(C)cc2OCCCCCCCC)cc1. The second kappa shape index (κ2) is 40.5. The van der Waals surface area contributed by atoms with E-state index < -0.39 is 0 Å². The number of aryl methyl sites for hydroxylation is 2. The normalized spacial score (nSPS) is 11.6. The molecule has 0 aliphatic rings. The van der Waals surface area contributed by atoms with E-state index in [0.29, 0.717) is 0 Å². The van der Waals surface area contributed by atoms with E-state index in [0.717, 1.165) is 97.4 Å². The maximum atomic E-state index is 6.28. The minimum atomic E-state index is 0.766. The monoisotopic (exact) mass is 981 g/mol. The van der Waals surface area contributed by atoms with Gasteiger partial charge in [-0.1, -0.05) is 253 Å². The second-order valence-electron chi connectivity index (χ2n) is 19.8. The molecule has 0 saturated carbocycles. The van der Waals surface area contributed by atoms with Gasteiger partial charge in [0.15, 0.2) is 0 Å². The van der Waals surface area contributed by atoms with Gasteiger partial charge >= 0.3 is 0 Å². The van der Waals surface area contributed by atoms with Gasteiger partial charge in [0, 0.05) is 11.1 Å². The Morgan fingerprint density at radius 3 is 0.819 bits per heavy atom. The summed E-state index contributed by atoms with van der Waals surface area (Å²) in [7, 11) is 0. The number of unbranched alkanes of at least 4 members (excludes halogenated alkanes) is 20. The first kappa shape index (κ1) is 61.3. The van der Waals surface area contributed by atoms with E-state index in [1.807, 2.05) is 13.8 Å². The van der Waals surface area contributed by atoms with Gasteiger partial charge in [-0.25, -0.2) is 0 Å². The average Bonchev–Trinajstić information content (AvgIpc) is 3.39. The Kier molecular flexibility index (Phi) is 34.5. The first-order valence-corrected chi connectivity index (χ1v) is 29.0. The van der Waals surface area contributed by atoms with Crippen LogP contribution >= 0.6 is 0 Å². The van der Waals surface area contributed by atoms with E-state index >= 15 is 0 Å². The summed E-state index contributed by atoms with van der Waals surface area (Å²) in [5.41, 5.74) is 9.26. The third-order valence-electron chi connectivity index (χ3n) is 13.1. The van der Waals surface area contributed by atoms with E-state index in [9.17, 15) is 0 Å². The first-order valence-electron chi connectivity index (χ1n) is 29.0. The zero-order chi connectivity index (χ0) is 51.7. The number of benzene rings is 4. The molecule has 0 saturated heterocycles. The van der Waals surface area contributed by atoms with Crippen molar-refractivity contribution in [3.8, 4) is 23.0 Å². The summed E-state index contributed by atoms with van der Waals surface area (Å²) in [6.45, 7) is 20.5. The number of hydrogen-bond acceptors (Lipinski definition) is 4. The molecule has 0 bridgehead atoms. The zero-order valence-corrected chi connectivity index (χ0v) is 47.0. The van der Waals surface area contributed by atoms with Crippen molar-refractivity contribution < 1.29 is 18.9 Å². The van der Waals surface area contributed by atoms with Gasteiger partial charge in [-0.3, -0.25) is 0 Å². The van der Waals surface area contributed by atoms with Crippen molar-refractivity contribution in [1.29, 1.82) is 0 Å². The smallest absolute Gasteiger partial charge is 0.127 e. The van der Waals surface area contributed by atoms with Crippen LogP contribution in [0.15, 0.2) is 84.9 Å². The molecule has 0 aliphatic heterocycles. The molecule has 0 aromatic heterocycles. The maximum absolute atomic E-state index is 6.28. The fourth-order valence-corrected chi connectivity index (χ4v) is 8.63. The van der Waals surface area contributed by atoms with Crippen LogP contribution in [0.25, 0.3) is 36.5 Å². The van der Waals surface area contributed by atoms with Crippen LogP contribution in [0, 0.1) is 13.8 Å². The zero-order valence-electron chi connectivity index (χ0n) is 47.0. The van der Waals surface area contributed by atoms with Crippen LogP contribution in [0.2, 0.25) is 0 Å². The lowest BCUT2D eigenvalue weighted by Crippen LogP contribution is -2.02. The number of allylic oxidation sites excluding steroid dienone is 2. The van der Waals surface area contributed by atoms with Crippen LogP contribution < -0.4 is 18.9 Å². The summed E-state index contributed by atoms with van der Waals surface area (Å²) in [5, 5.41) is 0. The van der Waals surface area contributed by atoms with Gasteiger partial charge in [0.2, 0.25) is 0 Å². The van der Waals surface area contributed by atoms with Crippen molar-refractivity contribution in [3.63, 3.8) is 0 Å². The van der Waals surface area contributed by atoms with Crippen molar-refractivity contribution in [1.82, 2.24) is 0 Å². The van der Waals surface area contributed by atoms with E-state index in [-0.39, 0.29) is 0 Å². The van der Waals surface area contributed by atoms with Crippen molar-refractivity contribution in [2.45, 2.75) is 209 Å². The fraction of sp³-hybridized carbons (Fsp3) is 0.529. The Bertz CT molecular complexity index is 1940. The Morgan fingerprint density at radius 1 is 0.292 bits per heavy atom. The highest BCUT2D eigenvalue weighted by Crippen LogP contribution is 2.33. The van der Waals surface area contributed by atoms with Crippen molar-refractivity contribution >= 4 is 36.5 Å². The molecule has 0 radical (unpaired) electrons. The molecule has 4 nitrogen and oxygen atoms in total. The predicted molar refractivity (Wildman–Crippen MR) is 318 cm³/mol. The van der Waals surface area contributed by atoms with Crippen LogP contribution in [0.1, 0.15) is 240 Å². The van der Waals surface area contributed by atoms with Crippen LogP contribution in [0.4, 0.5) is 0 Å². The fourth-order valence-electron chi connectivity index (χ4n) is 8.63. The van der Waals surface area contributed by atoms with Crippen LogP contribution in [-0.4, -0.2) is 26.4 Å². The Labute approximate surface area is 441 Å². The molecular formula is C68H100O4. The van der Waals surface area contributed by atoms with E-state index in [1.165, 1.54) is 151 Å². The standard InChI is InChI=1S/2C34H50O2/c2*1-5-8-10-12-14-16-25-35-33-28-32(24-23-31-21-19-30(18-7-3)20-22-31)34(27-29(33)4)36-26-17-15-13-11-9-6-2/h2*7,18-24,27-28H,5-6,8-17,25-26H2,1-4H3. The van der Waals surface area contributed by atoms with Gasteiger partial charge in [0.25, 0.3) is 0 Å². The molecule has 0 N–H and O–H groups in total. The highest BCUT2D eigenvalue weighted by Gasteiger charge is 2.11. The molecule has 4 rings (SSSR count). The highest BCUT2D eigenvalue weighted by molar-refractivity contribution is 5.75. The molecule has 4 heteroatoms. The molecule has 0 unspecified atom stereocenters. The summed E-state index contributed by atoms with van der Waals surface area (Å²) in [6, 6.07) is 25.9. The van der Waals surface area contributed by atoms with Gasteiger partial charge in [-0.15, -0.1) is 0 Å². The summed E-state index contributed by atoms with van der Waals surface area (Å²) < 4.78 is 25.0. The largest absolute Gasteiger partial charge is 0.493 e. The lowest BCUT2D eigenvalue weighted by Gasteiger charge is -2.15. The summed E-state index contributed by atoms with van der Waals surface area (Å²) >= 11 is 0. The number of rotatable bonds is 38. The van der Waals surface area contributed by atoms with Crippen LogP contribution in [0.3, 0.4) is 0 Å². The van der Waals surface area contributed by atoms with E-state index in [4.69, 9.17) is 18.9 Å². The molecule has 0 heterocycles. The molecule has 0 atom stereocenters. The third kappa shape index (κ3) is 27.2. The summed E-state index contributed by atoms with van der Waals surface area (Å²) in [5.74, 6) is 3.85. The Morgan fingerprint density at radius 2 is 0.542 bits per heavy atom. The molecule has 396 valence electrons. The highest BCUT2D eigenvalue weighted by atomic mass is 16.5. The minimum Gasteiger partial charge on any atom is -0.493 e. The molecule has 4 aromatic rings. The minimum absolute atomic E-state index is 0.766. The van der Waals surface area contributed by atoms with Crippen LogP contribution in [0.5, 0.6) is 23.0 Å². The molecular weight excluding hydrogens is 881 g/mol. The van der Waals surface area contributed by atoms with E-state index in [1.54, 1.807) is 0 Å².